The largest absolute Gasteiger partial charge is 0.488 e. The topological polar surface area (TPSA) is 123 Å². The lowest BCUT2D eigenvalue weighted by Crippen LogP contribution is -2.28. The predicted molar refractivity (Wildman–Crippen MR) is 103 cm³/mol. The molecule has 1 aromatic rings. The highest BCUT2D eigenvalue weighted by Gasteiger charge is 2.24. The number of rotatable bonds is 15. The number of ether oxygens (including phenoxy) is 2. The predicted octanol–water partition coefficient (Wildman–Crippen LogP) is 2.18. The molecule has 0 heterocycles. The van der Waals surface area contributed by atoms with Crippen molar-refractivity contribution in [1.29, 1.82) is 0 Å². The van der Waals surface area contributed by atoms with Gasteiger partial charge in [-0.2, -0.15) is 0 Å². The van der Waals surface area contributed by atoms with E-state index < -0.39 is 19.5 Å². The molecule has 0 atom stereocenters. The van der Waals surface area contributed by atoms with E-state index >= 15 is 0 Å². The highest BCUT2D eigenvalue weighted by atomic mass is 31.2. The molecule has 0 aromatic heterocycles. The Labute approximate surface area is 164 Å². The second-order valence-electron chi connectivity index (χ2n) is 5.76. The van der Waals surface area contributed by atoms with Crippen molar-refractivity contribution in [2.45, 2.75) is 19.8 Å². The van der Waals surface area contributed by atoms with Crippen LogP contribution in [0.5, 0.6) is 11.5 Å². The molecular formula is C18H26NO8P. The molecule has 2 N–H and O–H groups in total. The van der Waals surface area contributed by atoms with E-state index in [0.29, 0.717) is 13.0 Å². The highest BCUT2D eigenvalue weighted by molar-refractivity contribution is 7.52. The Balaban J connectivity index is 2.88. The normalized spacial score (nSPS) is 11.0. The molecular weight excluding hydrogens is 389 g/mol. The molecule has 0 unspecified atom stereocenters. The number of benzene rings is 1. The van der Waals surface area contributed by atoms with Gasteiger partial charge in [0.05, 0.1) is 18.7 Å². The molecule has 28 heavy (non-hydrogen) atoms. The molecule has 0 bridgehead atoms. The summed E-state index contributed by atoms with van der Waals surface area (Å²) in [6.07, 6.45) is 2.82. The maximum Gasteiger partial charge on any atom is 0.333 e. The smallest absolute Gasteiger partial charge is 0.333 e. The summed E-state index contributed by atoms with van der Waals surface area (Å²) in [5.74, 6) is -0.501. The Bertz CT molecular complexity index is 703. The van der Waals surface area contributed by atoms with E-state index in [2.05, 4.69) is 6.58 Å². The van der Waals surface area contributed by atoms with Crippen LogP contribution in [0, 0.1) is 0 Å². The van der Waals surface area contributed by atoms with Crippen LogP contribution < -0.4 is 9.47 Å². The van der Waals surface area contributed by atoms with Gasteiger partial charge in [0.1, 0.15) is 19.4 Å². The monoisotopic (exact) mass is 415 g/mol. The minimum absolute atomic E-state index is 0.00545. The maximum atomic E-state index is 12.2. The lowest BCUT2D eigenvalue weighted by Gasteiger charge is -2.19. The number of carbonyl (C=O) groups is 2. The lowest BCUT2D eigenvalue weighted by molar-refractivity contribution is -0.174. The van der Waals surface area contributed by atoms with Crippen molar-refractivity contribution in [1.82, 2.24) is 5.06 Å². The van der Waals surface area contributed by atoms with E-state index in [0.717, 1.165) is 17.9 Å². The van der Waals surface area contributed by atoms with Crippen LogP contribution in [0.1, 0.15) is 30.1 Å². The van der Waals surface area contributed by atoms with Gasteiger partial charge in [0.15, 0.2) is 17.3 Å². The summed E-state index contributed by atoms with van der Waals surface area (Å²) in [6, 6.07) is 4.46. The van der Waals surface area contributed by atoms with Crippen molar-refractivity contribution in [3.05, 3.63) is 36.4 Å². The molecule has 0 radical (unpaired) electrons. The Morgan fingerprint density at radius 1 is 1.29 bits per heavy atom. The van der Waals surface area contributed by atoms with E-state index in [9.17, 15) is 14.2 Å². The first-order valence-corrected chi connectivity index (χ1v) is 10.5. The van der Waals surface area contributed by atoms with Gasteiger partial charge in [0.2, 0.25) is 6.41 Å². The minimum atomic E-state index is -4.53. The molecule has 1 rings (SSSR count). The third kappa shape index (κ3) is 8.67. The van der Waals surface area contributed by atoms with Crippen molar-refractivity contribution in [2.24, 2.45) is 0 Å². The molecule has 0 aliphatic rings. The molecule has 1 amide bonds. The van der Waals surface area contributed by atoms with Crippen LogP contribution in [-0.2, 0) is 14.2 Å². The van der Waals surface area contributed by atoms with Crippen molar-refractivity contribution in [3.8, 4) is 11.5 Å². The highest BCUT2D eigenvalue weighted by Crippen LogP contribution is 2.38. The zero-order chi connectivity index (χ0) is 21.0. The summed E-state index contributed by atoms with van der Waals surface area (Å²) in [6.45, 7) is 6.22. The molecule has 0 spiro atoms. The van der Waals surface area contributed by atoms with Crippen LogP contribution in [0.15, 0.2) is 30.9 Å². The molecule has 10 heteroatoms. The Kier molecular flexibility index (Phi) is 10.5. The summed E-state index contributed by atoms with van der Waals surface area (Å²) in [7, 11) is -4.53. The van der Waals surface area contributed by atoms with E-state index in [1.807, 2.05) is 6.92 Å². The van der Waals surface area contributed by atoms with Crippen LogP contribution in [0.25, 0.3) is 0 Å². The Morgan fingerprint density at radius 2 is 2.04 bits per heavy atom. The molecule has 0 aliphatic heterocycles. The number of carbonyl (C=O) groups excluding carboxylic acids is 2. The zero-order valence-corrected chi connectivity index (χ0v) is 16.7. The number of amides is 1. The number of hydrogen-bond acceptors (Lipinski definition) is 6. The van der Waals surface area contributed by atoms with Gasteiger partial charge in [-0.3, -0.25) is 19.0 Å². The summed E-state index contributed by atoms with van der Waals surface area (Å²) in [5, 5.41) is 1.11. The van der Waals surface area contributed by atoms with Crippen molar-refractivity contribution in [2.75, 3.05) is 32.5 Å². The second kappa shape index (κ2) is 12.3. The van der Waals surface area contributed by atoms with Crippen molar-refractivity contribution in [3.63, 3.8) is 0 Å². The maximum absolute atomic E-state index is 12.2. The van der Waals surface area contributed by atoms with Crippen molar-refractivity contribution < 1.29 is 38.3 Å². The molecule has 156 valence electrons. The van der Waals surface area contributed by atoms with Gasteiger partial charge in [-0.15, -0.1) is 0 Å². The van der Waals surface area contributed by atoms with Crippen LogP contribution in [0.3, 0.4) is 0 Å². The molecule has 9 nitrogen and oxygen atoms in total. The molecule has 0 saturated heterocycles. The second-order valence-corrected chi connectivity index (χ2v) is 7.41. The van der Waals surface area contributed by atoms with Crippen LogP contribution in [0.4, 0.5) is 0 Å². The van der Waals surface area contributed by atoms with Gasteiger partial charge in [0.25, 0.3) is 0 Å². The average molecular weight is 415 g/mol. The number of para-hydroxylation sites is 1. The first-order valence-electron chi connectivity index (χ1n) is 8.74. The summed E-state index contributed by atoms with van der Waals surface area (Å²) in [5.41, 5.74) is -0.00545. The van der Waals surface area contributed by atoms with E-state index in [1.54, 1.807) is 6.07 Å². The van der Waals surface area contributed by atoms with Crippen LogP contribution in [0.2, 0.25) is 0 Å². The Hall–Kier alpha value is -2.19. The van der Waals surface area contributed by atoms with Gasteiger partial charge in [-0.05, 0) is 18.6 Å². The third-order valence-electron chi connectivity index (χ3n) is 3.42. The fraction of sp³-hybridized carbons (Fsp3) is 0.444. The van der Waals surface area contributed by atoms with E-state index in [-0.39, 0.29) is 36.8 Å². The van der Waals surface area contributed by atoms with Gasteiger partial charge < -0.3 is 19.3 Å². The standard InChI is InChI=1S/C18H26NO8P/c1-3-5-11-27-19(14-20)9-12-25-17-8-6-7-15(18(17)26-10-4-2)16(21)13-28(22,23)24/h4,6-8,14H,2-3,5,9-13H2,1H3,(H2,22,23,24). The number of hydroxylamine groups is 2. The molecule has 0 aliphatic carbocycles. The number of hydrogen-bond donors (Lipinski definition) is 2. The molecule has 0 saturated carbocycles. The first-order chi connectivity index (χ1) is 13.3. The number of nitrogens with zero attached hydrogens (tertiary/aromatic N) is 1. The van der Waals surface area contributed by atoms with Crippen molar-refractivity contribution >= 4 is 19.8 Å². The van der Waals surface area contributed by atoms with Gasteiger partial charge in [0, 0.05) is 0 Å². The van der Waals surface area contributed by atoms with Gasteiger partial charge >= 0.3 is 7.60 Å². The van der Waals surface area contributed by atoms with Crippen LogP contribution >= 0.6 is 7.60 Å². The summed E-state index contributed by atoms with van der Waals surface area (Å²) in [4.78, 5) is 46.6. The van der Waals surface area contributed by atoms with Crippen LogP contribution in [-0.4, -0.2) is 59.6 Å². The molecule has 0 fully saturated rings. The quantitative estimate of drug-likeness (QED) is 0.112. The third-order valence-corrected chi connectivity index (χ3v) is 4.12. The fourth-order valence-corrected chi connectivity index (χ4v) is 2.68. The number of Topliss-reactive ketones (excluding diaryl/α,β-unsaturated/α-hetero) is 1. The zero-order valence-electron chi connectivity index (χ0n) is 15.8. The minimum Gasteiger partial charge on any atom is -0.488 e. The summed E-state index contributed by atoms with van der Waals surface area (Å²) >= 11 is 0. The van der Waals surface area contributed by atoms with Gasteiger partial charge in [-0.1, -0.05) is 32.1 Å². The number of unbranched alkanes of at least 4 members (excludes halogenated alkanes) is 1. The molecule has 1 aromatic carbocycles. The average Bonchev–Trinajstić information content (AvgIpc) is 2.64. The number of ketones is 1. The van der Waals surface area contributed by atoms with E-state index in [4.69, 9.17) is 24.1 Å². The van der Waals surface area contributed by atoms with E-state index in [1.165, 1.54) is 18.2 Å². The Morgan fingerprint density at radius 3 is 2.64 bits per heavy atom. The fourth-order valence-electron chi connectivity index (χ4n) is 2.13. The lowest BCUT2D eigenvalue weighted by atomic mass is 10.1. The first kappa shape index (κ1) is 23.8. The van der Waals surface area contributed by atoms with Gasteiger partial charge in [-0.25, -0.2) is 5.06 Å². The SMILES string of the molecule is C=CCOc1c(OCCN(C=O)OCCCC)cccc1C(=O)CP(=O)(O)O. The summed E-state index contributed by atoms with van der Waals surface area (Å²) < 4.78 is 22.2.